The van der Waals surface area contributed by atoms with Crippen LogP contribution in [0.2, 0.25) is 0 Å². The second-order valence-electron chi connectivity index (χ2n) is 9.73. The molecule has 0 saturated carbocycles. The minimum absolute atomic E-state index is 0.0414. The van der Waals surface area contributed by atoms with Gasteiger partial charge in [0.1, 0.15) is 5.75 Å². The number of piperidine rings is 1. The molecule has 1 aromatic heterocycles. The largest absolute Gasteiger partial charge is 0.497 e. The summed E-state index contributed by atoms with van der Waals surface area (Å²) in [6, 6.07) is 7.19. The number of aromatic amines is 1. The molecule has 1 fully saturated rings. The number of hydrogen-bond acceptors (Lipinski definition) is 6. The number of nitrogens with one attached hydrogen (secondary N) is 2. The molecule has 2 N–H and O–H groups in total. The first-order valence-corrected chi connectivity index (χ1v) is 10.8. The minimum Gasteiger partial charge on any atom is -0.497 e. The summed E-state index contributed by atoms with van der Waals surface area (Å²) in [5.41, 5.74) is 1.80. The Morgan fingerprint density at radius 2 is 1.72 bits per heavy atom. The molecule has 1 aliphatic heterocycles. The fourth-order valence-electron chi connectivity index (χ4n) is 4.81. The van der Waals surface area contributed by atoms with Crippen LogP contribution in [0.5, 0.6) is 5.75 Å². The fourth-order valence-corrected chi connectivity index (χ4v) is 4.81. The van der Waals surface area contributed by atoms with E-state index in [-0.39, 0.29) is 29.1 Å². The van der Waals surface area contributed by atoms with Gasteiger partial charge in [-0.3, -0.25) is 19.7 Å². The maximum Gasteiger partial charge on any atom is 0.311 e. The van der Waals surface area contributed by atoms with Crippen molar-refractivity contribution in [3.8, 4) is 11.4 Å². The second-order valence-corrected chi connectivity index (χ2v) is 9.73. The Morgan fingerprint density at radius 3 is 2.25 bits per heavy atom. The van der Waals surface area contributed by atoms with Crippen molar-refractivity contribution >= 4 is 11.7 Å². The number of methoxy groups -OCH3 is 2. The standard InChI is InChI=1S/C24H34N4O4/c1-15(25-16-13-23(2,3)27-24(4,5)14-16)21-19(12-20(29)32-7)26-28(22(21)30)17-8-10-18(31-6)11-9-17/h8-11,16,26-27H,12-14H2,1-7H3. The molecule has 32 heavy (non-hydrogen) atoms. The van der Waals surface area contributed by atoms with E-state index in [1.165, 1.54) is 11.8 Å². The zero-order valence-corrected chi connectivity index (χ0v) is 20.0. The minimum atomic E-state index is -0.425. The van der Waals surface area contributed by atoms with Crippen LogP contribution in [0.1, 0.15) is 58.7 Å². The van der Waals surface area contributed by atoms with Gasteiger partial charge >= 0.3 is 5.97 Å². The number of benzene rings is 1. The van der Waals surface area contributed by atoms with E-state index in [0.717, 1.165) is 12.8 Å². The first-order valence-electron chi connectivity index (χ1n) is 10.8. The highest BCUT2D eigenvalue weighted by atomic mass is 16.5. The quantitative estimate of drug-likeness (QED) is 0.529. The predicted octanol–water partition coefficient (Wildman–Crippen LogP) is 3.01. The molecule has 0 unspecified atom stereocenters. The average Bonchev–Trinajstić information content (AvgIpc) is 3.01. The van der Waals surface area contributed by atoms with E-state index in [1.54, 1.807) is 31.4 Å². The van der Waals surface area contributed by atoms with E-state index < -0.39 is 5.97 Å². The Bertz CT molecular complexity index is 1040. The molecule has 174 valence electrons. The van der Waals surface area contributed by atoms with Gasteiger partial charge in [0, 0.05) is 16.8 Å². The average molecular weight is 443 g/mol. The van der Waals surface area contributed by atoms with Crippen LogP contribution >= 0.6 is 0 Å². The lowest BCUT2D eigenvalue weighted by Gasteiger charge is -2.45. The van der Waals surface area contributed by atoms with E-state index in [2.05, 4.69) is 38.1 Å². The molecule has 3 rings (SSSR count). The van der Waals surface area contributed by atoms with Crippen LogP contribution in [0.4, 0.5) is 0 Å². The van der Waals surface area contributed by atoms with Gasteiger partial charge in [-0.15, -0.1) is 0 Å². The molecule has 1 saturated heterocycles. The van der Waals surface area contributed by atoms with Gasteiger partial charge in [0.05, 0.1) is 43.6 Å². The SMILES string of the molecule is COC(=O)Cc1[nH]n(-c2ccc(OC)cc2)c(=O)c1C(C)=NC1CC(C)(C)NC(C)(C)C1. The summed E-state index contributed by atoms with van der Waals surface area (Å²) in [5, 5.41) is 6.74. The first-order chi connectivity index (χ1) is 14.9. The normalized spacial score (nSPS) is 18.4. The van der Waals surface area contributed by atoms with Crippen molar-refractivity contribution in [3.05, 3.63) is 45.9 Å². The number of aromatic nitrogens is 2. The summed E-state index contributed by atoms with van der Waals surface area (Å²) in [4.78, 5) is 30.4. The molecule has 1 aliphatic rings. The molecule has 0 amide bonds. The second kappa shape index (κ2) is 8.94. The lowest BCUT2D eigenvalue weighted by Crippen LogP contribution is -2.58. The number of nitrogens with zero attached hydrogens (tertiary/aromatic N) is 2. The highest BCUT2D eigenvalue weighted by molar-refractivity contribution is 6.00. The summed E-state index contributed by atoms with van der Waals surface area (Å²) < 4.78 is 11.5. The van der Waals surface area contributed by atoms with E-state index in [9.17, 15) is 9.59 Å². The van der Waals surface area contributed by atoms with Crippen LogP contribution in [0, 0.1) is 0 Å². The maximum atomic E-state index is 13.4. The summed E-state index contributed by atoms with van der Waals surface area (Å²) in [5.74, 6) is 0.267. The van der Waals surface area contributed by atoms with Gasteiger partial charge in [-0.25, -0.2) is 4.68 Å². The molecule has 0 aliphatic carbocycles. The molecule has 0 spiro atoms. The molecule has 0 radical (unpaired) electrons. The Labute approximate surface area is 189 Å². The number of H-pyrrole nitrogens is 1. The van der Waals surface area contributed by atoms with Gasteiger partial charge in [-0.05, 0) is 71.7 Å². The Balaban J connectivity index is 2.04. The highest BCUT2D eigenvalue weighted by Gasteiger charge is 2.37. The van der Waals surface area contributed by atoms with Gasteiger partial charge < -0.3 is 14.8 Å². The molecule has 8 nitrogen and oxygen atoms in total. The lowest BCUT2D eigenvalue weighted by molar-refractivity contribution is -0.139. The molecule has 2 heterocycles. The van der Waals surface area contributed by atoms with Gasteiger partial charge in [-0.1, -0.05) is 0 Å². The summed E-state index contributed by atoms with van der Waals surface area (Å²) in [7, 11) is 2.92. The number of hydrogen-bond donors (Lipinski definition) is 2. The Hall–Kier alpha value is -2.87. The van der Waals surface area contributed by atoms with Gasteiger partial charge in [0.25, 0.3) is 5.56 Å². The van der Waals surface area contributed by atoms with Crippen molar-refractivity contribution in [2.45, 2.75) is 71.0 Å². The van der Waals surface area contributed by atoms with Gasteiger partial charge in [0.2, 0.25) is 0 Å². The van der Waals surface area contributed by atoms with Gasteiger partial charge in [-0.2, -0.15) is 0 Å². The van der Waals surface area contributed by atoms with E-state index in [4.69, 9.17) is 14.5 Å². The van der Waals surface area contributed by atoms with E-state index in [0.29, 0.717) is 28.4 Å². The predicted molar refractivity (Wildman–Crippen MR) is 125 cm³/mol. The highest BCUT2D eigenvalue weighted by Crippen LogP contribution is 2.30. The third-order valence-electron chi connectivity index (χ3n) is 5.75. The fraction of sp³-hybridized carbons (Fsp3) is 0.542. The first kappa shape index (κ1) is 23.8. The van der Waals surface area contributed by atoms with Crippen LogP contribution in [0.15, 0.2) is 34.1 Å². The number of ether oxygens (including phenoxy) is 2. The molecule has 0 bridgehead atoms. The Kier molecular flexibility index (Phi) is 6.64. The summed E-state index contributed by atoms with van der Waals surface area (Å²) >= 11 is 0. The number of aliphatic imine (C=N–C) groups is 1. The number of esters is 1. The molecule has 0 atom stereocenters. The summed E-state index contributed by atoms with van der Waals surface area (Å²) in [6.45, 7) is 10.5. The van der Waals surface area contributed by atoms with Crippen LogP contribution in [0.3, 0.4) is 0 Å². The number of rotatable bonds is 6. The van der Waals surface area contributed by atoms with Crippen LogP contribution in [0.25, 0.3) is 5.69 Å². The summed E-state index contributed by atoms with van der Waals surface area (Å²) in [6.07, 6.45) is 1.68. The van der Waals surface area contributed by atoms with Crippen molar-refractivity contribution in [2.75, 3.05) is 14.2 Å². The van der Waals surface area contributed by atoms with Crippen molar-refractivity contribution in [3.63, 3.8) is 0 Å². The lowest BCUT2D eigenvalue weighted by atomic mass is 9.80. The number of carbonyl (C=O) groups excluding carboxylic acids is 1. The van der Waals surface area contributed by atoms with E-state index >= 15 is 0 Å². The topological polar surface area (TPSA) is 97.7 Å². The van der Waals surface area contributed by atoms with Crippen LogP contribution in [-0.2, 0) is 16.0 Å². The third-order valence-corrected chi connectivity index (χ3v) is 5.75. The van der Waals surface area contributed by atoms with Gasteiger partial charge in [0.15, 0.2) is 0 Å². The zero-order chi connectivity index (χ0) is 23.7. The Morgan fingerprint density at radius 1 is 1.12 bits per heavy atom. The monoisotopic (exact) mass is 442 g/mol. The molecule has 1 aromatic carbocycles. The van der Waals surface area contributed by atoms with Crippen molar-refractivity contribution in [1.82, 2.24) is 15.1 Å². The molecule has 8 heteroatoms. The van der Waals surface area contributed by atoms with Crippen molar-refractivity contribution in [2.24, 2.45) is 4.99 Å². The molecule has 2 aromatic rings. The molecular weight excluding hydrogens is 408 g/mol. The van der Waals surface area contributed by atoms with Crippen LogP contribution < -0.4 is 15.6 Å². The maximum absolute atomic E-state index is 13.4. The smallest absolute Gasteiger partial charge is 0.311 e. The van der Waals surface area contributed by atoms with Crippen molar-refractivity contribution < 1.29 is 14.3 Å². The van der Waals surface area contributed by atoms with Crippen LogP contribution in [-0.4, -0.2) is 52.8 Å². The zero-order valence-electron chi connectivity index (χ0n) is 20.0. The number of carbonyl (C=O) groups is 1. The molecular formula is C24H34N4O4. The van der Waals surface area contributed by atoms with E-state index in [1.807, 2.05) is 6.92 Å². The third kappa shape index (κ3) is 5.30. The van der Waals surface area contributed by atoms with Crippen molar-refractivity contribution in [1.29, 1.82) is 0 Å².